The van der Waals surface area contributed by atoms with Crippen molar-refractivity contribution < 1.29 is 22.7 Å². The summed E-state index contributed by atoms with van der Waals surface area (Å²) in [4.78, 5) is 30.1. The molecule has 4 aromatic rings. The van der Waals surface area contributed by atoms with E-state index in [1.54, 1.807) is 36.4 Å². The van der Waals surface area contributed by atoms with Gasteiger partial charge in [0.25, 0.3) is 10.0 Å². The van der Waals surface area contributed by atoms with E-state index in [0.29, 0.717) is 11.4 Å². The van der Waals surface area contributed by atoms with Gasteiger partial charge in [-0.2, -0.15) is 0 Å². The third-order valence-electron chi connectivity index (χ3n) is 8.12. The fraction of sp³-hybridized carbons (Fsp3) is 0.297. The number of hydrogen-bond acceptors (Lipinski definition) is 5. The second-order valence-corrected chi connectivity index (χ2v) is 13.4. The molecule has 0 bridgehead atoms. The van der Waals surface area contributed by atoms with Crippen LogP contribution in [0.25, 0.3) is 0 Å². The minimum atomic E-state index is -4.18. The molecule has 1 N–H and O–H groups in total. The summed E-state index contributed by atoms with van der Waals surface area (Å²) in [6.45, 7) is 7.34. The highest BCUT2D eigenvalue weighted by molar-refractivity contribution is 7.92. The zero-order chi connectivity index (χ0) is 33.3. The Hall–Kier alpha value is -4.63. The highest BCUT2D eigenvalue weighted by Crippen LogP contribution is 2.27. The molecule has 2 atom stereocenters. The lowest BCUT2D eigenvalue weighted by atomic mass is 10.0. The van der Waals surface area contributed by atoms with E-state index in [4.69, 9.17) is 4.74 Å². The number of carbonyl (C=O) groups excluding carboxylic acids is 2. The molecule has 0 heterocycles. The largest absolute Gasteiger partial charge is 0.497 e. The molecule has 0 unspecified atom stereocenters. The fourth-order valence-corrected chi connectivity index (χ4v) is 6.49. The van der Waals surface area contributed by atoms with E-state index in [9.17, 15) is 18.0 Å². The van der Waals surface area contributed by atoms with Crippen molar-refractivity contribution in [3.63, 3.8) is 0 Å². The molecular formula is C37H43N3O5S. The van der Waals surface area contributed by atoms with Crippen LogP contribution in [0.5, 0.6) is 5.75 Å². The van der Waals surface area contributed by atoms with E-state index in [2.05, 4.69) is 5.32 Å². The van der Waals surface area contributed by atoms with Crippen molar-refractivity contribution in [1.82, 2.24) is 10.2 Å². The maximum Gasteiger partial charge on any atom is 0.264 e. The lowest BCUT2D eigenvalue weighted by molar-refractivity contribution is -0.140. The molecule has 0 saturated heterocycles. The molecule has 242 valence electrons. The van der Waals surface area contributed by atoms with Gasteiger partial charge < -0.3 is 15.0 Å². The van der Waals surface area contributed by atoms with Gasteiger partial charge >= 0.3 is 0 Å². The van der Waals surface area contributed by atoms with Crippen LogP contribution in [0.15, 0.2) is 108 Å². The number of sulfonamides is 1. The predicted octanol–water partition coefficient (Wildman–Crippen LogP) is 6.06. The molecule has 4 rings (SSSR count). The first-order valence-corrected chi connectivity index (χ1v) is 16.9. The molecule has 0 aliphatic rings. The van der Waals surface area contributed by atoms with Gasteiger partial charge in [-0.05, 0) is 80.3 Å². The number of anilines is 1. The third-order valence-corrected chi connectivity index (χ3v) is 9.91. The van der Waals surface area contributed by atoms with E-state index >= 15 is 0 Å². The Morgan fingerprint density at radius 3 is 2.09 bits per heavy atom. The van der Waals surface area contributed by atoms with Crippen LogP contribution in [-0.4, -0.2) is 50.9 Å². The van der Waals surface area contributed by atoms with Crippen molar-refractivity contribution >= 4 is 27.5 Å². The average Bonchev–Trinajstić information content (AvgIpc) is 3.06. The summed E-state index contributed by atoms with van der Waals surface area (Å²) in [6.07, 6.45) is 0.976. The van der Waals surface area contributed by atoms with Crippen LogP contribution in [0.4, 0.5) is 5.69 Å². The summed E-state index contributed by atoms with van der Waals surface area (Å²) in [5, 5.41) is 3.07. The Labute approximate surface area is 273 Å². The lowest BCUT2D eigenvalue weighted by Crippen LogP contribution is -2.54. The van der Waals surface area contributed by atoms with Crippen LogP contribution in [0.2, 0.25) is 0 Å². The maximum absolute atomic E-state index is 14.6. The Morgan fingerprint density at radius 1 is 0.848 bits per heavy atom. The van der Waals surface area contributed by atoms with Crippen LogP contribution >= 0.6 is 0 Å². The van der Waals surface area contributed by atoms with Gasteiger partial charge in [0.15, 0.2) is 0 Å². The van der Waals surface area contributed by atoms with E-state index in [-0.39, 0.29) is 29.8 Å². The highest BCUT2D eigenvalue weighted by atomic mass is 32.2. The highest BCUT2D eigenvalue weighted by Gasteiger charge is 2.35. The Balaban J connectivity index is 1.82. The molecule has 9 heteroatoms. The maximum atomic E-state index is 14.6. The van der Waals surface area contributed by atoms with Crippen LogP contribution in [-0.2, 0) is 32.6 Å². The quantitative estimate of drug-likeness (QED) is 0.181. The number of carbonyl (C=O) groups is 2. The number of aryl methyl sites for hydroxylation is 2. The van der Waals surface area contributed by atoms with Crippen molar-refractivity contribution in [3.8, 4) is 5.75 Å². The summed E-state index contributed by atoms with van der Waals surface area (Å²) < 4.78 is 34.8. The van der Waals surface area contributed by atoms with E-state index in [1.807, 2.05) is 82.3 Å². The van der Waals surface area contributed by atoms with E-state index in [0.717, 1.165) is 33.0 Å². The molecule has 8 nitrogen and oxygen atoms in total. The van der Waals surface area contributed by atoms with Crippen LogP contribution in [0.3, 0.4) is 0 Å². The number of hydrogen-bond donors (Lipinski definition) is 1. The summed E-state index contributed by atoms with van der Waals surface area (Å²) in [6, 6.07) is 29.3. The topological polar surface area (TPSA) is 96.0 Å². The third kappa shape index (κ3) is 8.54. The Morgan fingerprint density at radius 2 is 1.48 bits per heavy atom. The zero-order valence-corrected chi connectivity index (χ0v) is 28.0. The number of ether oxygens (including phenoxy) is 1. The molecule has 0 aromatic heterocycles. The molecular weight excluding hydrogens is 598 g/mol. The second kappa shape index (κ2) is 15.6. The first kappa shape index (κ1) is 34.2. The van der Waals surface area contributed by atoms with Gasteiger partial charge in [-0.15, -0.1) is 0 Å². The van der Waals surface area contributed by atoms with Gasteiger partial charge in [0.1, 0.15) is 18.3 Å². The van der Waals surface area contributed by atoms with Crippen molar-refractivity contribution in [3.05, 3.63) is 125 Å². The summed E-state index contributed by atoms with van der Waals surface area (Å²) in [5.41, 5.74) is 3.91. The molecule has 46 heavy (non-hydrogen) atoms. The molecule has 0 spiro atoms. The standard InChI is InChI=1S/C37H43N3O5S/c1-6-29(4)38-37(42)35(24-30-13-8-7-9-14-30)39(25-31-15-11-10-12-28(31)3)36(41)26-40(32-18-20-33(45-5)21-19-32)46(43,44)34-22-16-27(2)17-23-34/h7-23,29,35H,6,24-26H2,1-5H3,(H,38,42)/t29-,35-/m1/s1. The molecule has 0 saturated carbocycles. The second-order valence-electron chi connectivity index (χ2n) is 11.5. The summed E-state index contributed by atoms with van der Waals surface area (Å²) >= 11 is 0. The normalized spacial score (nSPS) is 12.5. The molecule has 0 fully saturated rings. The molecule has 0 aliphatic heterocycles. The average molecular weight is 642 g/mol. The van der Waals surface area contributed by atoms with Crippen molar-refractivity contribution in [2.45, 2.75) is 64.1 Å². The molecule has 4 aromatic carbocycles. The molecule has 0 radical (unpaired) electrons. The first-order chi connectivity index (χ1) is 22.0. The van der Waals surface area contributed by atoms with Crippen LogP contribution < -0.4 is 14.4 Å². The minimum Gasteiger partial charge on any atom is -0.497 e. The van der Waals surface area contributed by atoms with Gasteiger partial charge in [0, 0.05) is 19.0 Å². The first-order valence-electron chi connectivity index (χ1n) is 15.4. The zero-order valence-electron chi connectivity index (χ0n) is 27.1. The predicted molar refractivity (Wildman–Crippen MR) is 182 cm³/mol. The number of nitrogens with zero attached hydrogens (tertiary/aromatic N) is 2. The SMILES string of the molecule is CC[C@@H](C)NC(=O)[C@@H](Cc1ccccc1)N(Cc1ccccc1C)C(=O)CN(c1ccc(OC)cc1)S(=O)(=O)c1ccc(C)cc1. The molecule has 2 amide bonds. The Kier molecular flexibility index (Phi) is 11.6. The number of methoxy groups -OCH3 is 1. The van der Waals surface area contributed by atoms with Gasteiger partial charge in [-0.1, -0.05) is 79.2 Å². The van der Waals surface area contributed by atoms with E-state index in [1.165, 1.54) is 24.1 Å². The van der Waals surface area contributed by atoms with Crippen molar-refractivity contribution in [2.75, 3.05) is 18.0 Å². The van der Waals surface area contributed by atoms with Crippen molar-refractivity contribution in [2.24, 2.45) is 0 Å². The van der Waals surface area contributed by atoms with E-state index < -0.39 is 28.5 Å². The minimum absolute atomic E-state index is 0.0579. The molecule has 0 aliphatic carbocycles. The fourth-order valence-electron chi connectivity index (χ4n) is 5.08. The smallest absolute Gasteiger partial charge is 0.264 e. The van der Waals surface area contributed by atoms with Crippen molar-refractivity contribution in [1.29, 1.82) is 0 Å². The van der Waals surface area contributed by atoms with Gasteiger partial charge in [-0.25, -0.2) is 8.42 Å². The lowest BCUT2D eigenvalue weighted by Gasteiger charge is -2.34. The monoisotopic (exact) mass is 641 g/mol. The summed E-state index contributed by atoms with van der Waals surface area (Å²) in [5.74, 6) is -0.249. The van der Waals surface area contributed by atoms with Gasteiger partial charge in [0.2, 0.25) is 11.8 Å². The number of amides is 2. The van der Waals surface area contributed by atoms with Gasteiger partial charge in [-0.3, -0.25) is 13.9 Å². The Bertz CT molecular complexity index is 1710. The number of rotatable bonds is 14. The van der Waals surface area contributed by atoms with Gasteiger partial charge in [0.05, 0.1) is 17.7 Å². The number of nitrogens with one attached hydrogen (secondary N) is 1. The van der Waals surface area contributed by atoms with Crippen LogP contribution in [0.1, 0.15) is 42.5 Å². The number of benzene rings is 4. The summed E-state index contributed by atoms with van der Waals surface area (Å²) in [7, 11) is -2.66. The van der Waals surface area contributed by atoms with Crippen LogP contribution in [0, 0.1) is 13.8 Å².